The van der Waals surface area contributed by atoms with E-state index < -0.39 is 23.2 Å². The molecule has 0 spiro atoms. The molecule has 1 fully saturated rings. The molecule has 146 valence electrons. The molecule has 0 aliphatic carbocycles. The van der Waals surface area contributed by atoms with Gasteiger partial charge in [-0.25, -0.2) is 9.78 Å². The maximum atomic E-state index is 13.1. The first kappa shape index (κ1) is 20.8. The second kappa shape index (κ2) is 8.02. The van der Waals surface area contributed by atoms with E-state index in [1.54, 1.807) is 25.7 Å². The third-order valence-corrected chi connectivity index (χ3v) is 4.28. The number of carbonyl (C=O) groups is 1. The summed E-state index contributed by atoms with van der Waals surface area (Å²) in [5.41, 5.74) is -1.46. The number of pyridine rings is 1. The summed E-state index contributed by atoms with van der Waals surface area (Å²) in [6.45, 7) is 6.50. The van der Waals surface area contributed by atoms with E-state index in [1.165, 1.54) is 6.20 Å². The monoisotopic (exact) mass is 438 g/mol. The van der Waals surface area contributed by atoms with Crippen LogP contribution in [0.3, 0.4) is 0 Å². The Morgan fingerprint density at radius 2 is 1.92 bits per heavy atom. The molecular weight excluding hydrogens is 417 g/mol. The molecule has 0 radical (unpaired) electrons. The van der Waals surface area contributed by atoms with Gasteiger partial charge in [0.05, 0.1) is 6.61 Å². The van der Waals surface area contributed by atoms with Crippen LogP contribution in [0.4, 0.5) is 18.0 Å². The zero-order valence-electron chi connectivity index (χ0n) is 14.9. The van der Waals surface area contributed by atoms with Crippen LogP contribution in [0.2, 0.25) is 0 Å². The smallest absolute Gasteiger partial charge is 0.421 e. The molecule has 1 aromatic heterocycles. The molecule has 0 aromatic carbocycles. The minimum absolute atomic E-state index is 0.0558. The summed E-state index contributed by atoms with van der Waals surface area (Å²) in [6.07, 6.45) is -2.36. The fourth-order valence-electron chi connectivity index (χ4n) is 2.55. The predicted molar refractivity (Wildman–Crippen MR) is 93.0 cm³/mol. The summed E-state index contributed by atoms with van der Waals surface area (Å²) in [7, 11) is 0. The van der Waals surface area contributed by atoms with Crippen LogP contribution in [0, 0.1) is 5.92 Å². The number of carbonyl (C=O) groups excluding carboxylic acids is 1. The van der Waals surface area contributed by atoms with Gasteiger partial charge in [0.2, 0.25) is 5.88 Å². The number of piperidine rings is 1. The van der Waals surface area contributed by atoms with Gasteiger partial charge in [0.25, 0.3) is 0 Å². The van der Waals surface area contributed by atoms with Crippen molar-refractivity contribution in [3.05, 3.63) is 22.3 Å². The highest BCUT2D eigenvalue weighted by Crippen LogP contribution is 2.36. The van der Waals surface area contributed by atoms with Crippen LogP contribution in [0.1, 0.15) is 39.2 Å². The highest BCUT2D eigenvalue weighted by molar-refractivity contribution is 9.10. The topological polar surface area (TPSA) is 51.7 Å². The van der Waals surface area contributed by atoms with Crippen LogP contribution in [0.25, 0.3) is 0 Å². The number of likely N-dealkylation sites (tertiary alicyclic amines) is 1. The number of rotatable bonds is 3. The van der Waals surface area contributed by atoms with Crippen LogP contribution >= 0.6 is 15.9 Å². The van der Waals surface area contributed by atoms with Gasteiger partial charge in [-0.2, -0.15) is 13.2 Å². The minimum Gasteiger partial charge on any atom is -0.477 e. The summed E-state index contributed by atoms with van der Waals surface area (Å²) in [5.74, 6) is -0.365. The van der Waals surface area contributed by atoms with Crippen molar-refractivity contribution in [3.8, 4) is 5.88 Å². The van der Waals surface area contributed by atoms with Gasteiger partial charge < -0.3 is 14.4 Å². The first-order valence-corrected chi connectivity index (χ1v) is 9.08. The van der Waals surface area contributed by atoms with Crippen molar-refractivity contribution in [3.63, 3.8) is 0 Å². The van der Waals surface area contributed by atoms with Crippen molar-refractivity contribution in [1.29, 1.82) is 0 Å². The Hall–Kier alpha value is -1.51. The summed E-state index contributed by atoms with van der Waals surface area (Å²) in [6, 6.07) is 0.952. The van der Waals surface area contributed by atoms with E-state index in [0.29, 0.717) is 25.9 Å². The molecule has 0 unspecified atom stereocenters. The third-order valence-electron chi connectivity index (χ3n) is 3.85. The normalized spacial score (nSPS) is 16.5. The number of amides is 1. The summed E-state index contributed by atoms with van der Waals surface area (Å²) < 4.78 is 50.1. The Morgan fingerprint density at radius 1 is 1.31 bits per heavy atom. The van der Waals surface area contributed by atoms with E-state index in [4.69, 9.17) is 9.47 Å². The van der Waals surface area contributed by atoms with E-state index >= 15 is 0 Å². The van der Waals surface area contributed by atoms with E-state index in [0.717, 1.165) is 6.07 Å². The largest absolute Gasteiger partial charge is 0.477 e. The number of ether oxygens (including phenoxy) is 2. The van der Waals surface area contributed by atoms with Crippen molar-refractivity contribution in [2.24, 2.45) is 5.92 Å². The van der Waals surface area contributed by atoms with Crippen molar-refractivity contribution >= 4 is 22.0 Å². The summed E-state index contributed by atoms with van der Waals surface area (Å²) in [4.78, 5) is 17.4. The van der Waals surface area contributed by atoms with Crippen molar-refractivity contribution in [2.45, 2.75) is 45.4 Å². The molecule has 9 heteroatoms. The third kappa shape index (κ3) is 6.03. The molecule has 0 N–H and O–H groups in total. The lowest BCUT2D eigenvalue weighted by Gasteiger charge is -2.33. The first-order valence-electron chi connectivity index (χ1n) is 8.29. The number of nitrogens with zero attached hydrogens (tertiary/aromatic N) is 2. The zero-order valence-corrected chi connectivity index (χ0v) is 16.5. The number of halogens is 4. The lowest BCUT2D eigenvalue weighted by molar-refractivity contribution is -0.139. The van der Waals surface area contributed by atoms with Crippen LogP contribution in [-0.2, 0) is 10.9 Å². The van der Waals surface area contributed by atoms with Crippen molar-refractivity contribution in [2.75, 3.05) is 19.7 Å². The molecule has 1 aromatic rings. The van der Waals surface area contributed by atoms with Crippen LogP contribution in [-0.4, -0.2) is 41.3 Å². The average molecular weight is 439 g/mol. The van der Waals surface area contributed by atoms with Gasteiger partial charge in [-0.1, -0.05) is 0 Å². The van der Waals surface area contributed by atoms with Gasteiger partial charge in [0.15, 0.2) is 0 Å². The molecule has 0 bridgehead atoms. The Bertz CT molecular complexity index is 639. The second-order valence-corrected chi connectivity index (χ2v) is 8.14. The number of hydrogen-bond donors (Lipinski definition) is 0. The maximum Gasteiger partial charge on any atom is 0.421 e. The molecule has 1 aliphatic rings. The fourth-order valence-corrected chi connectivity index (χ4v) is 2.88. The van der Waals surface area contributed by atoms with Gasteiger partial charge in [-0.05, 0) is 61.5 Å². The van der Waals surface area contributed by atoms with Gasteiger partial charge in [-0.15, -0.1) is 0 Å². The van der Waals surface area contributed by atoms with Crippen LogP contribution < -0.4 is 4.74 Å². The Labute approximate surface area is 159 Å². The van der Waals surface area contributed by atoms with Crippen LogP contribution in [0.15, 0.2) is 16.7 Å². The van der Waals surface area contributed by atoms with Gasteiger partial charge in [0, 0.05) is 23.8 Å². The molecule has 1 amide bonds. The van der Waals surface area contributed by atoms with Crippen molar-refractivity contribution in [1.82, 2.24) is 9.88 Å². The van der Waals surface area contributed by atoms with Gasteiger partial charge in [0.1, 0.15) is 11.2 Å². The lowest BCUT2D eigenvalue weighted by atomic mass is 9.98. The Morgan fingerprint density at radius 3 is 2.46 bits per heavy atom. The zero-order chi connectivity index (χ0) is 19.5. The SMILES string of the molecule is CC(C)(C)OC(=O)N1CCC(COc2ncc(Br)cc2C(F)(F)F)CC1. The van der Waals surface area contributed by atoms with E-state index in [9.17, 15) is 18.0 Å². The highest BCUT2D eigenvalue weighted by atomic mass is 79.9. The molecular formula is C17H22BrF3N2O3. The molecule has 0 saturated carbocycles. The molecule has 2 heterocycles. The van der Waals surface area contributed by atoms with E-state index in [1.807, 2.05) is 0 Å². The number of hydrogen-bond acceptors (Lipinski definition) is 4. The molecule has 5 nitrogen and oxygen atoms in total. The molecule has 26 heavy (non-hydrogen) atoms. The van der Waals surface area contributed by atoms with E-state index in [-0.39, 0.29) is 23.1 Å². The number of aromatic nitrogens is 1. The lowest BCUT2D eigenvalue weighted by Crippen LogP contribution is -2.42. The molecule has 1 aliphatic heterocycles. The van der Waals surface area contributed by atoms with Gasteiger partial charge >= 0.3 is 12.3 Å². The predicted octanol–water partition coefficient (Wildman–Crippen LogP) is 4.89. The minimum atomic E-state index is -4.54. The average Bonchev–Trinajstić information content (AvgIpc) is 2.51. The maximum absolute atomic E-state index is 13.1. The van der Waals surface area contributed by atoms with E-state index in [2.05, 4.69) is 20.9 Å². The first-order chi connectivity index (χ1) is 12.0. The molecule has 1 saturated heterocycles. The highest BCUT2D eigenvalue weighted by Gasteiger charge is 2.36. The second-order valence-electron chi connectivity index (χ2n) is 7.23. The summed E-state index contributed by atoms with van der Waals surface area (Å²) in [5, 5.41) is 0. The number of alkyl halides is 3. The summed E-state index contributed by atoms with van der Waals surface area (Å²) >= 11 is 2.99. The molecule has 2 rings (SSSR count). The van der Waals surface area contributed by atoms with Gasteiger partial charge in [-0.3, -0.25) is 0 Å². The van der Waals surface area contributed by atoms with Crippen molar-refractivity contribution < 1.29 is 27.4 Å². The molecule has 0 atom stereocenters. The van der Waals surface area contributed by atoms with Crippen LogP contribution in [0.5, 0.6) is 5.88 Å². The Balaban J connectivity index is 1.89. The Kier molecular flexibility index (Phi) is 6.42. The standard InChI is InChI=1S/C17H22BrF3N2O3/c1-16(2,3)26-15(24)23-6-4-11(5-7-23)10-25-14-13(17(19,20)21)8-12(18)9-22-14/h8-9,11H,4-7,10H2,1-3H3. The fraction of sp³-hybridized carbons (Fsp3) is 0.647. The quantitative estimate of drug-likeness (QED) is 0.673.